The minimum Gasteiger partial charge on any atom is -0.496 e. The number of hydrogen-bond donors (Lipinski definition) is 2. The van der Waals surface area contributed by atoms with Crippen molar-refractivity contribution in [3.8, 4) is 5.75 Å². The largest absolute Gasteiger partial charge is 0.496 e. The lowest BCUT2D eigenvalue weighted by Crippen LogP contribution is -2.31. The normalized spacial score (nSPS) is 10.1. The Kier molecular flexibility index (Phi) is 6.23. The molecule has 0 aliphatic heterocycles. The summed E-state index contributed by atoms with van der Waals surface area (Å²) in [5.41, 5.74) is 1.04. The number of ether oxygens (including phenoxy) is 1. The lowest BCUT2D eigenvalue weighted by atomic mass is 10.1. The summed E-state index contributed by atoms with van der Waals surface area (Å²) in [6, 6.07) is 10.9. The molecule has 0 unspecified atom stereocenters. The van der Waals surface area contributed by atoms with Crippen molar-refractivity contribution in [2.45, 2.75) is 12.8 Å². The molecular formula is C17H20N2O4. The van der Waals surface area contributed by atoms with Crippen LogP contribution in [0.25, 0.3) is 0 Å². The lowest BCUT2D eigenvalue weighted by molar-refractivity contribution is -0.120. The molecule has 6 nitrogen and oxygen atoms in total. The van der Waals surface area contributed by atoms with Crippen LogP contribution in [0.2, 0.25) is 0 Å². The fraction of sp³-hybridized carbons (Fsp3) is 0.294. The number of benzene rings is 1. The third-order valence-corrected chi connectivity index (χ3v) is 3.29. The number of para-hydroxylation sites is 1. The molecule has 0 saturated heterocycles. The van der Waals surface area contributed by atoms with Gasteiger partial charge in [-0.3, -0.25) is 9.59 Å². The van der Waals surface area contributed by atoms with Crippen molar-refractivity contribution in [3.63, 3.8) is 0 Å². The fourth-order valence-corrected chi connectivity index (χ4v) is 2.12. The van der Waals surface area contributed by atoms with Crippen molar-refractivity contribution in [2.75, 3.05) is 20.2 Å². The maximum absolute atomic E-state index is 11.7. The average molecular weight is 316 g/mol. The predicted octanol–water partition coefficient (Wildman–Crippen LogP) is 1.77. The van der Waals surface area contributed by atoms with Crippen LogP contribution < -0.4 is 15.4 Å². The molecule has 0 fully saturated rings. The minimum absolute atomic E-state index is 0.111. The van der Waals surface area contributed by atoms with Gasteiger partial charge in [-0.05, 0) is 30.2 Å². The SMILES string of the molecule is COc1ccccc1CCNC(=O)CCNC(=O)c1ccco1. The van der Waals surface area contributed by atoms with Gasteiger partial charge < -0.3 is 19.8 Å². The van der Waals surface area contributed by atoms with E-state index in [0.717, 1.165) is 11.3 Å². The molecule has 1 heterocycles. The van der Waals surface area contributed by atoms with Gasteiger partial charge in [0.1, 0.15) is 5.75 Å². The first-order valence-electron chi connectivity index (χ1n) is 7.41. The second kappa shape index (κ2) is 8.63. The van der Waals surface area contributed by atoms with Crippen LogP contribution in [0.3, 0.4) is 0 Å². The van der Waals surface area contributed by atoms with E-state index < -0.39 is 0 Å². The first kappa shape index (κ1) is 16.6. The van der Waals surface area contributed by atoms with E-state index in [2.05, 4.69) is 10.6 Å². The molecule has 122 valence electrons. The maximum atomic E-state index is 11.7. The van der Waals surface area contributed by atoms with Crippen molar-refractivity contribution in [1.29, 1.82) is 0 Å². The summed E-state index contributed by atoms with van der Waals surface area (Å²) in [4.78, 5) is 23.3. The van der Waals surface area contributed by atoms with Gasteiger partial charge in [0.25, 0.3) is 5.91 Å². The highest BCUT2D eigenvalue weighted by Gasteiger charge is 2.09. The Morgan fingerprint density at radius 2 is 1.91 bits per heavy atom. The lowest BCUT2D eigenvalue weighted by Gasteiger charge is -2.09. The molecule has 0 radical (unpaired) electrons. The van der Waals surface area contributed by atoms with Gasteiger partial charge in [-0.2, -0.15) is 0 Å². The van der Waals surface area contributed by atoms with Gasteiger partial charge in [-0.25, -0.2) is 0 Å². The molecule has 0 spiro atoms. The Balaban J connectivity index is 1.64. The topological polar surface area (TPSA) is 80.6 Å². The van der Waals surface area contributed by atoms with Crippen LogP contribution in [0.5, 0.6) is 5.75 Å². The zero-order chi connectivity index (χ0) is 16.5. The average Bonchev–Trinajstić information content (AvgIpc) is 3.10. The first-order chi connectivity index (χ1) is 11.2. The third-order valence-electron chi connectivity index (χ3n) is 3.29. The van der Waals surface area contributed by atoms with E-state index in [-0.39, 0.29) is 30.5 Å². The number of carbonyl (C=O) groups is 2. The number of methoxy groups -OCH3 is 1. The summed E-state index contributed by atoms with van der Waals surface area (Å²) < 4.78 is 10.2. The van der Waals surface area contributed by atoms with Crippen LogP contribution in [-0.4, -0.2) is 32.0 Å². The molecule has 1 aromatic heterocycles. The smallest absolute Gasteiger partial charge is 0.286 e. The van der Waals surface area contributed by atoms with Gasteiger partial charge in [0.2, 0.25) is 5.91 Å². The zero-order valence-corrected chi connectivity index (χ0v) is 13.0. The molecule has 0 aliphatic rings. The Morgan fingerprint density at radius 3 is 2.65 bits per heavy atom. The Labute approximate surface area is 134 Å². The highest BCUT2D eigenvalue weighted by molar-refractivity contribution is 5.91. The number of hydrogen-bond acceptors (Lipinski definition) is 4. The summed E-state index contributed by atoms with van der Waals surface area (Å²) in [7, 11) is 1.62. The summed E-state index contributed by atoms with van der Waals surface area (Å²) in [6.45, 7) is 0.783. The van der Waals surface area contributed by atoms with Crippen molar-refractivity contribution in [3.05, 3.63) is 54.0 Å². The number of rotatable bonds is 8. The molecule has 1 aromatic carbocycles. The standard InChI is InChI=1S/C17H20N2O4/c1-22-14-6-3-2-5-13(14)8-10-18-16(20)9-11-19-17(21)15-7-4-12-23-15/h2-7,12H,8-11H2,1H3,(H,18,20)(H,19,21). The molecule has 2 aromatic rings. The monoisotopic (exact) mass is 316 g/mol. The summed E-state index contributed by atoms with van der Waals surface area (Å²) in [5, 5.41) is 5.45. The van der Waals surface area contributed by atoms with Gasteiger partial charge >= 0.3 is 0 Å². The number of furan rings is 1. The second-order valence-electron chi connectivity index (χ2n) is 4.90. The number of amides is 2. The molecule has 0 atom stereocenters. The summed E-state index contributed by atoms with van der Waals surface area (Å²) >= 11 is 0. The number of carbonyl (C=O) groups excluding carboxylic acids is 2. The van der Waals surface area contributed by atoms with Crippen LogP contribution in [0.1, 0.15) is 22.5 Å². The first-order valence-corrected chi connectivity index (χ1v) is 7.41. The molecule has 2 rings (SSSR count). The molecule has 0 saturated carbocycles. The number of nitrogens with one attached hydrogen (secondary N) is 2. The molecule has 6 heteroatoms. The minimum atomic E-state index is -0.322. The van der Waals surface area contributed by atoms with E-state index in [1.165, 1.54) is 6.26 Å². The van der Waals surface area contributed by atoms with E-state index in [1.807, 2.05) is 24.3 Å². The Morgan fingerprint density at radius 1 is 1.09 bits per heavy atom. The van der Waals surface area contributed by atoms with Crippen molar-refractivity contribution in [2.24, 2.45) is 0 Å². The zero-order valence-electron chi connectivity index (χ0n) is 13.0. The molecule has 2 amide bonds. The summed E-state index contributed by atoms with van der Waals surface area (Å²) in [6.07, 6.45) is 2.34. The van der Waals surface area contributed by atoms with Crippen molar-refractivity contribution in [1.82, 2.24) is 10.6 Å². The molecular weight excluding hydrogens is 296 g/mol. The van der Waals surface area contributed by atoms with Crippen molar-refractivity contribution < 1.29 is 18.7 Å². The molecule has 0 bridgehead atoms. The third kappa shape index (κ3) is 5.18. The maximum Gasteiger partial charge on any atom is 0.286 e. The van der Waals surface area contributed by atoms with E-state index in [0.29, 0.717) is 13.0 Å². The van der Waals surface area contributed by atoms with Gasteiger partial charge in [0.15, 0.2) is 5.76 Å². The van der Waals surface area contributed by atoms with Gasteiger partial charge in [0.05, 0.1) is 13.4 Å². The highest BCUT2D eigenvalue weighted by atomic mass is 16.5. The highest BCUT2D eigenvalue weighted by Crippen LogP contribution is 2.17. The quantitative estimate of drug-likeness (QED) is 0.778. The second-order valence-corrected chi connectivity index (χ2v) is 4.90. The Bertz CT molecular complexity index is 638. The van der Waals surface area contributed by atoms with E-state index in [9.17, 15) is 9.59 Å². The molecule has 2 N–H and O–H groups in total. The molecule has 23 heavy (non-hydrogen) atoms. The van der Waals surface area contributed by atoms with Crippen LogP contribution in [-0.2, 0) is 11.2 Å². The molecule has 0 aliphatic carbocycles. The van der Waals surface area contributed by atoms with E-state index in [1.54, 1.807) is 19.2 Å². The van der Waals surface area contributed by atoms with E-state index >= 15 is 0 Å². The van der Waals surface area contributed by atoms with Gasteiger partial charge in [0, 0.05) is 19.5 Å². The van der Waals surface area contributed by atoms with Crippen LogP contribution in [0, 0.1) is 0 Å². The van der Waals surface area contributed by atoms with Gasteiger partial charge in [-0.15, -0.1) is 0 Å². The van der Waals surface area contributed by atoms with Crippen LogP contribution in [0.4, 0.5) is 0 Å². The van der Waals surface area contributed by atoms with Gasteiger partial charge in [-0.1, -0.05) is 18.2 Å². The van der Waals surface area contributed by atoms with Crippen molar-refractivity contribution >= 4 is 11.8 Å². The predicted molar refractivity (Wildman–Crippen MR) is 85.4 cm³/mol. The van der Waals surface area contributed by atoms with E-state index in [4.69, 9.17) is 9.15 Å². The summed E-state index contributed by atoms with van der Waals surface area (Å²) in [5.74, 6) is 0.616. The van der Waals surface area contributed by atoms with Crippen LogP contribution in [0.15, 0.2) is 47.1 Å². The van der Waals surface area contributed by atoms with Crippen LogP contribution >= 0.6 is 0 Å². The Hall–Kier alpha value is -2.76. The fourth-order valence-electron chi connectivity index (χ4n) is 2.12.